The van der Waals surface area contributed by atoms with Gasteiger partial charge in [0.2, 0.25) is 6.39 Å². The summed E-state index contributed by atoms with van der Waals surface area (Å²) in [5, 5.41) is 6.20. The Labute approximate surface area is 101 Å². The Balaban J connectivity index is 2.07. The minimum absolute atomic E-state index is 0.0878. The van der Waals surface area contributed by atoms with Gasteiger partial charge in [0.05, 0.1) is 24.0 Å². The lowest BCUT2D eigenvalue weighted by Crippen LogP contribution is -2.24. The van der Waals surface area contributed by atoms with E-state index >= 15 is 0 Å². The molecule has 0 unspecified atom stereocenters. The van der Waals surface area contributed by atoms with Crippen LogP contribution in [0.3, 0.4) is 0 Å². The molecule has 2 heterocycles. The van der Waals surface area contributed by atoms with Gasteiger partial charge < -0.3 is 15.6 Å². The van der Waals surface area contributed by atoms with Gasteiger partial charge in [-0.3, -0.25) is 4.79 Å². The number of amides is 1. The van der Waals surface area contributed by atoms with E-state index < -0.39 is 5.91 Å². The maximum Gasteiger partial charge on any atom is 0.254 e. The average molecular weight is 254 g/mol. The van der Waals surface area contributed by atoms with Crippen molar-refractivity contribution in [3.05, 3.63) is 35.2 Å². The summed E-state index contributed by atoms with van der Waals surface area (Å²) < 4.78 is 4.52. The lowest BCUT2D eigenvalue weighted by atomic mass is 10.2. The molecule has 88 valence electrons. The second-order valence-corrected chi connectivity index (χ2v) is 3.50. The SMILES string of the molecule is Nc1cnc(Cl)c(C(=O)NCc2ncon2)c1. The zero-order valence-electron chi connectivity index (χ0n) is 8.55. The molecule has 1 amide bonds. The molecule has 0 saturated heterocycles. The number of anilines is 1. The van der Waals surface area contributed by atoms with E-state index in [4.69, 9.17) is 17.3 Å². The quantitative estimate of drug-likeness (QED) is 0.777. The third-order valence-electron chi connectivity index (χ3n) is 1.92. The molecular weight excluding hydrogens is 246 g/mol. The Kier molecular flexibility index (Phi) is 3.20. The second kappa shape index (κ2) is 4.79. The van der Waals surface area contributed by atoms with Gasteiger partial charge in [0, 0.05) is 0 Å². The molecule has 17 heavy (non-hydrogen) atoms. The first-order chi connectivity index (χ1) is 8.16. The molecule has 0 atom stereocenters. The molecule has 0 aliphatic heterocycles. The van der Waals surface area contributed by atoms with Crippen LogP contribution in [-0.2, 0) is 6.54 Å². The van der Waals surface area contributed by atoms with Crippen LogP contribution in [0.1, 0.15) is 16.2 Å². The van der Waals surface area contributed by atoms with E-state index in [9.17, 15) is 4.79 Å². The summed E-state index contributed by atoms with van der Waals surface area (Å²) in [6.45, 7) is 0.139. The number of rotatable bonds is 3. The first-order valence-electron chi connectivity index (χ1n) is 4.61. The van der Waals surface area contributed by atoms with Crippen LogP contribution in [-0.4, -0.2) is 21.0 Å². The van der Waals surface area contributed by atoms with Crippen LogP contribution in [0, 0.1) is 0 Å². The van der Waals surface area contributed by atoms with Gasteiger partial charge in [-0.25, -0.2) is 4.98 Å². The van der Waals surface area contributed by atoms with Crippen molar-refractivity contribution in [2.75, 3.05) is 5.73 Å². The van der Waals surface area contributed by atoms with Crippen molar-refractivity contribution in [2.24, 2.45) is 0 Å². The first kappa shape index (κ1) is 11.3. The number of aromatic nitrogens is 3. The molecule has 0 aromatic carbocycles. The minimum atomic E-state index is -0.403. The molecule has 0 bridgehead atoms. The topological polar surface area (TPSA) is 107 Å². The fourth-order valence-electron chi connectivity index (χ4n) is 1.15. The molecule has 3 N–H and O–H groups in total. The number of nitrogens with two attached hydrogens (primary N) is 1. The number of carbonyl (C=O) groups excluding carboxylic acids is 1. The van der Waals surface area contributed by atoms with Crippen molar-refractivity contribution in [2.45, 2.75) is 6.54 Å². The van der Waals surface area contributed by atoms with Gasteiger partial charge in [0.25, 0.3) is 5.91 Å². The van der Waals surface area contributed by atoms with Crippen LogP contribution in [0.25, 0.3) is 0 Å². The van der Waals surface area contributed by atoms with Crippen LogP contribution in [0.4, 0.5) is 5.69 Å². The Morgan fingerprint density at radius 2 is 2.35 bits per heavy atom. The van der Waals surface area contributed by atoms with E-state index in [1.54, 1.807) is 0 Å². The highest BCUT2D eigenvalue weighted by Gasteiger charge is 2.12. The number of carbonyl (C=O) groups is 1. The number of nitrogen functional groups attached to an aromatic ring is 1. The van der Waals surface area contributed by atoms with Crippen molar-refractivity contribution in [3.63, 3.8) is 0 Å². The van der Waals surface area contributed by atoms with Crippen LogP contribution in [0.15, 0.2) is 23.2 Å². The Hall–Kier alpha value is -2.15. The van der Waals surface area contributed by atoms with Gasteiger partial charge in [0.15, 0.2) is 5.82 Å². The lowest BCUT2D eigenvalue weighted by Gasteiger charge is -2.04. The second-order valence-electron chi connectivity index (χ2n) is 3.14. The van der Waals surface area contributed by atoms with Gasteiger partial charge >= 0.3 is 0 Å². The Bertz CT molecular complexity index is 528. The smallest absolute Gasteiger partial charge is 0.254 e. The number of pyridine rings is 1. The van der Waals surface area contributed by atoms with Crippen molar-refractivity contribution in [1.29, 1.82) is 0 Å². The maximum absolute atomic E-state index is 11.7. The van der Waals surface area contributed by atoms with Gasteiger partial charge in [-0.1, -0.05) is 16.8 Å². The number of halogens is 1. The third-order valence-corrected chi connectivity index (χ3v) is 2.22. The van der Waals surface area contributed by atoms with Gasteiger partial charge in [-0.05, 0) is 6.07 Å². The molecule has 0 radical (unpaired) electrons. The Morgan fingerprint density at radius 3 is 3.06 bits per heavy atom. The van der Waals surface area contributed by atoms with Crippen LogP contribution < -0.4 is 11.1 Å². The highest BCUT2D eigenvalue weighted by atomic mass is 35.5. The van der Waals surface area contributed by atoms with E-state index in [0.717, 1.165) is 0 Å². The van der Waals surface area contributed by atoms with Gasteiger partial charge in [-0.15, -0.1) is 0 Å². The molecule has 0 fully saturated rings. The fraction of sp³-hybridized carbons (Fsp3) is 0.111. The molecular formula is C9H8ClN5O2. The van der Waals surface area contributed by atoms with Crippen molar-refractivity contribution < 1.29 is 9.32 Å². The zero-order chi connectivity index (χ0) is 12.3. The summed E-state index contributed by atoms with van der Waals surface area (Å²) in [4.78, 5) is 19.3. The summed E-state index contributed by atoms with van der Waals surface area (Å²) >= 11 is 5.77. The van der Waals surface area contributed by atoms with Crippen LogP contribution in [0.2, 0.25) is 5.15 Å². The molecule has 2 aromatic heterocycles. The van der Waals surface area contributed by atoms with Gasteiger partial charge in [0.1, 0.15) is 5.15 Å². The lowest BCUT2D eigenvalue weighted by molar-refractivity contribution is 0.0949. The third kappa shape index (κ3) is 2.70. The minimum Gasteiger partial charge on any atom is -0.397 e. The number of hydrogen-bond donors (Lipinski definition) is 2. The van der Waals surface area contributed by atoms with Crippen LogP contribution >= 0.6 is 11.6 Å². The van der Waals surface area contributed by atoms with E-state index in [2.05, 4.69) is 25.0 Å². The average Bonchev–Trinajstić information content (AvgIpc) is 2.82. The first-order valence-corrected chi connectivity index (χ1v) is 4.99. The largest absolute Gasteiger partial charge is 0.397 e. The molecule has 2 aromatic rings. The monoisotopic (exact) mass is 253 g/mol. The summed E-state index contributed by atoms with van der Waals surface area (Å²) in [5.41, 5.74) is 6.08. The fourth-order valence-corrected chi connectivity index (χ4v) is 1.34. The standard InChI is InChI=1S/C9H8ClN5O2/c10-8-6(1-5(11)2-12-8)9(16)13-3-7-14-4-17-15-7/h1-2,4H,3,11H2,(H,13,16). The molecule has 8 heteroatoms. The maximum atomic E-state index is 11.7. The van der Waals surface area contributed by atoms with E-state index in [1.807, 2.05) is 0 Å². The molecule has 7 nitrogen and oxygen atoms in total. The van der Waals surface area contributed by atoms with E-state index in [0.29, 0.717) is 11.5 Å². The predicted octanol–water partition coefficient (Wildman–Crippen LogP) is 0.630. The summed E-state index contributed by atoms with van der Waals surface area (Å²) in [7, 11) is 0. The number of hydrogen-bond acceptors (Lipinski definition) is 6. The number of nitrogens with zero attached hydrogens (tertiary/aromatic N) is 3. The molecule has 2 rings (SSSR count). The van der Waals surface area contributed by atoms with Crippen molar-refractivity contribution in [3.8, 4) is 0 Å². The number of nitrogens with one attached hydrogen (secondary N) is 1. The highest BCUT2D eigenvalue weighted by Crippen LogP contribution is 2.15. The highest BCUT2D eigenvalue weighted by molar-refractivity contribution is 6.32. The van der Waals surface area contributed by atoms with Crippen molar-refractivity contribution >= 4 is 23.2 Å². The Morgan fingerprint density at radius 1 is 1.53 bits per heavy atom. The zero-order valence-corrected chi connectivity index (χ0v) is 9.31. The van der Waals surface area contributed by atoms with Gasteiger partial charge in [-0.2, -0.15) is 4.98 Å². The van der Waals surface area contributed by atoms with Crippen molar-refractivity contribution in [1.82, 2.24) is 20.4 Å². The molecule has 0 spiro atoms. The molecule has 0 aliphatic rings. The van der Waals surface area contributed by atoms with Crippen LogP contribution in [0.5, 0.6) is 0 Å². The normalized spacial score (nSPS) is 10.2. The summed E-state index contributed by atoms with van der Waals surface area (Å²) in [6, 6.07) is 1.45. The van der Waals surface area contributed by atoms with E-state index in [-0.39, 0.29) is 17.3 Å². The van der Waals surface area contributed by atoms with E-state index in [1.165, 1.54) is 18.7 Å². The summed E-state index contributed by atoms with van der Waals surface area (Å²) in [6.07, 6.45) is 2.55. The molecule has 0 aliphatic carbocycles. The molecule has 0 saturated carbocycles. The summed E-state index contributed by atoms with van der Waals surface area (Å²) in [5.74, 6) is -0.0362. The predicted molar refractivity (Wildman–Crippen MR) is 59.1 cm³/mol.